The Bertz CT molecular complexity index is 1040. The van der Waals surface area contributed by atoms with Crippen LogP contribution >= 0.6 is 0 Å². The zero-order valence-corrected chi connectivity index (χ0v) is 17.2. The highest BCUT2D eigenvalue weighted by Crippen LogP contribution is 2.25. The summed E-state index contributed by atoms with van der Waals surface area (Å²) in [6, 6.07) is 12.8. The van der Waals surface area contributed by atoms with Crippen LogP contribution in [0.2, 0.25) is 0 Å². The third-order valence-corrected chi connectivity index (χ3v) is 5.28. The molecule has 6 nitrogen and oxygen atoms in total. The first-order chi connectivity index (χ1) is 14.6. The zero-order chi connectivity index (χ0) is 21.1. The van der Waals surface area contributed by atoms with Crippen LogP contribution in [0.1, 0.15) is 28.5 Å². The van der Waals surface area contributed by atoms with Gasteiger partial charge in [0.05, 0.1) is 42.0 Å². The average molecular weight is 408 g/mol. The molecule has 0 saturated carbocycles. The topological polar surface area (TPSA) is 59.4 Å². The van der Waals surface area contributed by atoms with Crippen LogP contribution in [0.4, 0.5) is 15.8 Å². The molecule has 1 aliphatic rings. The molecule has 0 bridgehead atoms. The van der Waals surface area contributed by atoms with Crippen LogP contribution in [-0.4, -0.2) is 42.0 Å². The van der Waals surface area contributed by atoms with Crippen molar-refractivity contribution in [3.63, 3.8) is 0 Å². The van der Waals surface area contributed by atoms with Gasteiger partial charge in [-0.2, -0.15) is 5.10 Å². The van der Waals surface area contributed by atoms with Gasteiger partial charge in [0, 0.05) is 18.8 Å². The third kappa shape index (κ3) is 4.07. The summed E-state index contributed by atoms with van der Waals surface area (Å²) in [7, 11) is 0. The molecule has 156 valence electrons. The van der Waals surface area contributed by atoms with E-state index in [4.69, 9.17) is 4.74 Å². The molecule has 2 aromatic carbocycles. The number of rotatable bonds is 5. The SMILES string of the molecule is CCc1c(C(=O)Nc2ccc(N3CCOCC3)c(F)c2)cnn1-c1ccc(C)cc1. The van der Waals surface area contributed by atoms with Crippen LogP contribution < -0.4 is 10.2 Å². The molecule has 0 aliphatic carbocycles. The Morgan fingerprint density at radius 2 is 1.90 bits per heavy atom. The molecule has 4 rings (SSSR count). The van der Waals surface area contributed by atoms with E-state index in [1.165, 1.54) is 6.07 Å². The molecule has 1 saturated heterocycles. The maximum atomic E-state index is 14.6. The minimum atomic E-state index is -0.360. The van der Waals surface area contributed by atoms with Crippen molar-refractivity contribution in [1.82, 2.24) is 9.78 Å². The number of amides is 1. The number of carbonyl (C=O) groups is 1. The fourth-order valence-corrected chi connectivity index (χ4v) is 3.66. The van der Waals surface area contributed by atoms with Gasteiger partial charge in [-0.25, -0.2) is 9.07 Å². The summed E-state index contributed by atoms with van der Waals surface area (Å²) in [6.07, 6.45) is 2.20. The predicted octanol–water partition coefficient (Wildman–Crippen LogP) is 3.97. The summed E-state index contributed by atoms with van der Waals surface area (Å²) >= 11 is 0. The van der Waals surface area contributed by atoms with E-state index in [2.05, 4.69) is 10.4 Å². The van der Waals surface area contributed by atoms with E-state index in [9.17, 15) is 9.18 Å². The van der Waals surface area contributed by atoms with Crippen molar-refractivity contribution in [2.24, 2.45) is 0 Å². The Morgan fingerprint density at radius 1 is 1.17 bits per heavy atom. The van der Waals surface area contributed by atoms with Crippen LogP contribution in [0.25, 0.3) is 5.69 Å². The molecule has 0 spiro atoms. The van der Waals surface area contributed by atoms with E-state index < -0.39 is 0 Å². The Morgan fingerprint density at radius 3 is 2.57 bits per heavy atom. The van der Waals surface area contributed by atoms with Crippen LogP contribution in [0.3, 0.4) is 0 Å². The highest BCUT2D eigenvalue weighted by molar-refractivity contribution is 6.05. The van der Waals surface area contributed by atoms with Gasteiger partial charge in [-0.15, -0.1) is 0 Å². The molecular formula is C23H25FN4O2. The van der Waals surface area contributed by atoms with Gasteiger partial charge in [0.1, 0.15) is 5.82 Å². The van der Waals surface area contributed by atoms with Crippen LogP contribution in [0, 0.1) is 12.7 Å². The Balaban J connectivity index is 1.54. The van der Waals surface area contributed by atoms with Crippen molar-refractivity contribution in [2.45, 2.75) is 20.3 Å². The van der Waals surface area contributed by atoms with Gasteiger partial charge in [-0.05, 0) is 43.7 Å². The minimum Gasteiger partial charge on any atom is -0.378 e. The lowest BCUT2D eigenvalue weighted by molar-refractivity contribution is 0.102. The molecule has 0 unspecified atom stereocenters. The largest absolute Gasteiger partial charge is 0.378 e. The van der Waals surface area contributed by atoms with Crippen molar-refractivity contribution < 1.29 is 13.9 Å². The number of aromatic nitrogens is 2. The van der Waals surface area contributed by atoms with Gasteiger partial charge < -0.3 is 15.0 Å². The highest BCUT2D eigenvalue weighted by Gasteiger charge is 2.19. The number of morpholine rings is 1. The lowest BCUT2D eigenvalue weighted by Crippen LogP contribution is -2.36. The van der Waals surface area contributed by atoms with Crippen molar-refractivity contribution in [1.29, 1.82) is 0 Å². The van der Waals surface area contributed by atoms with Gasteiger partial charge in [-0.3, -0.25) is 4.79 Å². The summed E-state index contributed by atoms with van der Waals surface area (Å²) in [5.41, 5.74) is 4.29. The lowest BCUT2D eigenvalue weighted by atomic mass is 10.1. The number of nitrogens with zero attached hydrogens (tertiary/aromatic N) is 3. The van der Waals surface area contributed by atoms with Crippen LogP contribution in [0.5, 0.6) is 0 Å². The van der Waals surface area contributed by atoms with E-state index in [0.29, 0.717) is 49.7 Å². The van der Waals surface area contributed by atoms with E-state index in [1.54, 1.807) is 23.0 Å². The molecule has 3 aromatic rings. The van der Waals surface area contributed by atoms with Crippen molar-refractivity contribution >= 4 is 17.3 Å². The van der Waals surface area contributed by atoms with Gasteiger partial charge in [0.25, 0.3) is 5.91 Å². The maximum Gasteiger partial charge on any atom is 0.259 e. The first kappa shape index (κ1) is 20.1. The second-order valence-corrected chi connectivity index (χ2v) is 7.33. The third-order valence-electron chi connectivity index (χ3n) is 5.28. The van der Waals surface area contributed by atoms with Crippen LogP contribution in [-0.2, 0) is 11.2 Å². The molecule has 7 heteroatoms. The number of halogens is 1. The monoisotopic (exact) mass is 408 g/mol. The zero-order valence-electron chi connectivity index (χ0n) is 17.2. The summed E-state index contributed by atoms with van der Waals surface area (Å²) < 4.78 is 21.7. The van der Waals surface area contributed by atoms with Crippen molar-refractivity contribution in [3.05, 3.63) is 71.3 Å². The molecule has 1 aromatic heterocycles. The Labute approximate surface area is 175 Å². The smallest absolute Gasteiger partial charge is 0.259 e. The number of anilines is 2. The normalized spacial score (nSPS) is 14.0. The first-order valence-electron chi connectivity index (χ1n) is 10.1. The predicted molar refractivity (Wildman–Crippen MR) is 115 cm³/mol. The highest BCUT2D eigenvalue weighted by atomic mass is 19.1. The molecule has 1 fully saturated rings. The second kappa shape index (κ2) is 8.67. The molecule has 1 amide bonds. The minimum absolute atomic E-state index is 0.302. The van der Waals surface area contributed by atoms with E-state index >= 15 is 0 Å². The molecular weight excluding hydrogens is 383 g/mol. The molecule has 2 heterocycles. The fraction of sp³-hybridized carbons (Fsp3) is 0.304. The number of ether oxygens (including phenoxy) is 1. The maximum absolute atomic E-state index is 14.6. The number of benzene rings is 2. The number of nitrogens with one attached hydrogen (secondary N) is 1. The van der Waals surface area contributed by atoms with Gasteiger partial charge >= 0.3 is 0 Å². The second-order valence-electron chi connectivity index (χ2n) is 7.33. The van der Waals surface area contributed by atoms with Gasteiger partial charge in [0.15, 0.2) is 0 Å². The number of carbonyl (C=O) groups excluding carboxylic acids is 1. The molecule has 30 heavy (non-hydrogen) atoms. The molecule has 0 radical (unpaired) electrons. The summed E-state index contributed by atoms with van der Waals surface area (Å²) in [5, 5.41) is 7.21. The van der Waals surface area contributed by atoms with Crippen molar-refractivity contribution in [2.75, 3.05) is 36.5 Å². The first-order valence-corrected chi connectivity index (χ1v) is 10.1. The molecule has 0 atom stereocenters. The van der Waals surface area contributed by atoms with Crippen molar-refractivity contribution in [3.8, 4) is 5.69 Å². The number of hydrogen-bond acceptors (Lipinski definition) is 4. The molecule has 1 N–H and O–H groups in total. The summed E-state index contributed by atoms with van der Waals surface area (Å²) in [6.45, 7) is 6.48. The average Bonchev–Trinajstić information content (AvgIpc) is 3.19. The number of hydrogen-bond donors (Lipinski definition) is 1. The standard InChI is InChI=1S/C23H25FN4O2/c1-3-21-19(15-25-28(21)18-7-4-16(2)5-8-18)23(29)26-17-6-9-22(20(24)14-17)27-10-12-30-13-11-27/h4-9,14-15H,3,10-13H2,1-2H3,(H,26,29). The summed E-state index contributed by atoms with van der Waals surface area (Å²) in [4.78, 5) is 14.8. The van der Waals surface area contributed by atoms with E-state index in [-0.39, 0.29) is 11.7 Å². The summed E-state index contributed by atoms with van der Waals surface area (Å²) in [5.74, 6) is -0.663. The van der Waals surface area contributed by atoms with Gasteiger partial charge in [-0.1, -0.05) is 24.6 Å². The van der Waals surface area contributed by atoms with Crippen LogP contribution in [0.15, 0.2) is 48.7 Å². The Kier molecular flexibility index (Phi) is 5.81. The molecule has 1 aliphatic heterocycles. The quantitative estimate of drug-likeness (QED) is 0.694. The lowest BCUT2D eigenvalue weighted by Gasteiger charge is -2.29. The van der Waals surface area contributed by atoms with Gasteiger partial charge in [0.2, 0.25) is 0 Å². The fourth-order valence-electron chi connectivity index (χ4n) is 3.66. The Hall–Kier alpha value is -3.19. The van der Waals surface area contributed by atoms with E-state index in [1.807, 2.05) is 43.0 Å². The number of aryl methyl sites for hydroxylation is 1. The van der Waals surface area contributed by atoms with E-state index in [0.717, 1.165) is 16.9 Å².